The van der Waals surface area contributed by atoms with Crippen molar-refractivity contribution in [1.29, 1.82) is 0 Å². The predicted octanol–water partition coefficient (Wildman–Crippen LogP) is 4.53. The van der Waals surface area contributed by atoms with Gasteiger partial charge in [0.2, 0.25) is 5.24 Å². The molecule has 4 aliphatic rings. The maximum absolute atomic E-state index is 12.0. The fourth-order valence-corrected chi connectivity index (χ4v) is 6.06. The van der Waals surface area contributed by atoms with E-state index < -0.39 is 0 Å². The standard InChI is InChI=1S/C15H23ClO/c1-3-13-5-11-6-14(4-2,8-13)10-15(7-11,9-13)12(16)17/h11H,3-10H2,1-2H3. The Hall–Kier alpha value is -0.0400. The highest BCUT2D eigenvalue weighted by molar-refractivity contribution is 6.64. The molecule has 96 valence electrons. The molecule has 17 heavy (non-hydrogen) atoms. The lowest BCUT2D eigenvalue weighted by Crippen LogP contribution is -2.58. The Morgan fingerprint density at radius 2 is 1.59 bits per heavy atom. The second-order valence-corrected chi connectivity index (χ2v) is 7.61. The molecule has 0 spiro atoms. The smallest absolute Gasteiger partial charge is 0.227 e. The lowest BCUT2D eigenvalue weighted by atomic mass is 9.39. The molecule has 0 radical (unpaired) electrons. The first-order chi connectivity index (χ1) is 7.97. The molecule has 4 bridgehead atoms. The van der Waals surface area contributed by atoms with Gasteiger partial charge in [-0.3, -0.25) is 4.79 Å². The Morgan fingerprint density at radius 3 is 2.00 bits per heavy atom. The molecule has 0 aromatic heterocycles. The SMILES string of the molecule is CCC12CC3CC(CC)(C1)CC(C(=O)Cl)(C3)C2. The summed E-state index contributed by atoms with van der Waals surface area (Å²) in [5.41, 5.74) is 0.743. The minimum Gasteiger partial charge on any atom is -0.281 e. The third-order valence-electron chi connectivity index (χ3n) is 6.22. The third kappa shape index (κ3) is 1.54. The molecule has 4 saturated carbocycles. The van der Waals surface area contributed by atoms with E-state index in [9.17, 15) is 4.79 Å². The largest absolute Gasteiger partial charge is 0.281 e. The van der Waals surface area contributed by atoms with Gasteiger partial charge in [-0.25, -0.2) is 0 Å². The first-order valence-electron chi connectivity index (χ1n) is 7.17. The molecule has 0 saturated heterocycles. The van der Waals surface area contributed by atoms with Crippen molar-refractivity contribution >= 4 is 16.8 Å². The molecule has 4 rings (SSSR count). The van der Waals surface area contributed by atoms with Crippen molar-refractivity contribution in [1.82, 2.24) is 0 Å². The summed E-state index contributed by atoms with van der Waals surface area (Å²) in [4.78, 5) is 12.0. The van der Waals surface area contributed by atoms with Crippen LogP contribution in [0.4, 0.5) is 0 Å². The lowest BCUT2D eigenvalue weighted by Gasteiger charge is -2.66. The molecule has 0 N–H and O–H groups in total. The van der Waals surface area contributed by atoms with Crippen LogP contribution in [0, 0.1) is 22.2 Å². The number of carbonyl (C=O) groups excluding carboxylic acids is 1. The molecule has 2 atom stereocenters. The van der Waals surface area contributed by atoms with Crippen molar-refractivity contribution < 1.29 is 4.79 Å². The fourth-order valence-electron chi connectivity index (χ4n) is 5.85. The van der Waals surface area contributed by atoms with Crippen LogP contribution in [0.5, 0.6) is 0 Å². The van der Waals surface area contributed by atoms with Gasteiger partial charge in [-0.1, -0.05) is 26.7 Å². The Bertz CT molecular complexity index is 342. The molecule has 0 amide bonds. The average molecular weight is 255 g/mol. The van der Waals surface area contributed by atoms with Crippen LogP contribution < -0.4 is 0 Å². The number of halogens is 1. The van der Waals surface area contributed by atoms with Crippen molar-refractivity contribution in [2.75, 3.05) is 0 Å². The van der Waals surface area contributed by atoms with Crippen LogP contribution in [-0.2, 0) is 4.79 Å². The summed E-state index contributed by atoms with van der Waals surface area (Å²) in [6.45, 7) is 4.62. The van der Waals surface area contributed by atoms with E-state index >= 15 is 0 Å². The predicted molar refractivity (Wildman–Crippen MR) is 69.9 cm³/mol. The van der Waals surface area contributed by atoms with E-state index in [-0.39, 0.29) is 10.7 Å². The molecule has 0 heterocycles. The van der Waals surface area contributed by atoms with Gasteiger partial charge in [0, 0.05) is 5.41 Å². The fraction of sp³-hybridized carbons (Fsp3) is 0.933. The van der Waals surface area contributed by atoms with Crippen LogP contribution in [0.25, 0.3) is 0 Å². The van der Waals surface area contributed by atoms with Gasteiger partial charge in [-0.05, 0) is 66.9 Å². The summed E-state index contributed by atoms with van der Waals surface area (Å²) >= 11 is 6.00. The van der Waals surface area contributed by atoms with Crippen molar-refractivity contribution in [3.8, 4) is 0 Å². The Balaban J connectivity index is 2.04. The minimum atomic E-state index is -0.146. The van der Waals surface area contributed by atoms with E-state index in [1.165, 1.54) is 32.1 Å². The van der Waals surface area contributed by atoms with Crippen molar-refractivity contribution in [2.45, 2.75) is 65.2 Å². The quantitative estimate of drug-likeness (QED) is 0.677. The monoisotopic (exact) mass is 254 g/mol. The van der Waals surface area contributed by atoms with E-state index in [1.807, 2.05) is 0 Å². The van der Waals surface area contributed by atoms with E-state index in [4.69, 9.17) is 11.6 Å². The average Bonchev–Trinajstić information content (AvgIpc) is 2.27. The molecule has 2 unspecified atom stereocenters. The van der Waals surface area contributed by atoms with E-state index in [0.29, 0.717) is 10.8 Å². The molecule has 4 fully saturated rings. The zero-order chi connectivity index (χ0) is 12.3. The first-order valence-corrected chi connectivity index (χ1v) is 7.55. The highest BCUT2D eigenvalue weighted by Crippen LogP contribution is 2.71. The van der Waals surface area contributed by atoms with Gasteiger partial charge in [0.25, 0.3) is 0 Å². The van der Waals surface area contributed by atoms with Gasteiger partial charge in [-0.15, -0.1) is 0 Å². The summed E-state index contributed by atoms with van der Waals surface area (Å²) in [6, 6.07) is 0. The highest BCUT2D eigenvalue weighted by Gasteiger charge is 2.63. The van der Waals surface area contributed by atoms with Crippen LogP contribution in [0.15, 0.2) is 0 Å². The molecule has 4 aliphatic carbocycles. The topological polar surface area (TPSA) is 17.1 Å². The Morgan fingerprint density at radius 1 is 1.06 bits per heavy atom. The highest BCUT2D eigenvalue weighted by atomic mass is 35.5. The van der Waals surface area contributed by atoms with Crippen LogP contribution >= 0.6 is 11.6 Å². The van der Waals surface area contributed by atoms with Crippen LogP contribution in [0.3, 0.4) is 0 Å². The van der Waals surface area contributed by atoms with Crippen LogP contribution in [0.2, 0.25) is 0 Å². The second kappa shape index (κ2) is 3.50. The Kier molecular flexibility index (Phi) is 2.47. The zero-order valence-corrected chi connectivity index (χ0v) is 11.8. The molecular formula is C15H23ClO. The summed E-state index contributed by atoms with van der Waals surface area (Å²) in [6.07, 6.45) is 9.78. The zero-order valence-electron chi connectivity index (χ0n) is 11.0. The number of hydrogen-bond acceptors (Lipinski definition) is 1. The van der Waals surface area contributed by atoms with E-state index in [0.717, 1.165) is 25.2 Å². The van der Waals surface area contributed by atoms with Crippen molar-refractivity contribution in [3.05, 3.63) is 0 Å². The first kappa shape index (κ1) is 12.0. The maximum Gasteiger partial charge on any atom is 0.227 e. The summed E-state index contributed by atoms with van der Waals surface area (Å²) < 4.78 is 0. The van der Waals surface area contributed by atoms with Gasteiger partial charge < -0.3 is 0 Å². The van der Waals surface area contributed by atoms with E-state index in [2.05, 4.69) is 13.8 Å². The summed E-state index contributed by atoms with van der Waals surface area (Å²) in [7, 11) is 0. The molecule has 0 aliphatic heterocycles. The van der Waals surface area contributed by atoms with Crippen LogP contribution in [0.1, 0.15) is 65.2 Å². The summed E-state index contributed by atoms with van der Waals surface area (Å²) in [5.74, 6) is 0.772. The third-order valence-corrected chi connectivity index (χ3v) is 6.62. The van der Waals surface area contributed by atoms with Crippen LogP contribution in [-0.4, -0.2) is 5.24 Å². The Labute approximate surface area is 109 Å². The van der Waals surface area contributed by atoms with E-state index in [1.54, 1.807) is 0 Å². The summed E-state index contributed by atoms with van der Waals surface area (Å²) in [5, 5.41) is -0.0303. The second-order valence-electron chi connectivity index (χ2n) is 7.27. The minimum absolute atomic E-state index is 0.0303. The van der Waals surface area contributed by atoms with Crippen molar-refractivity contribution in [2.24, 2.45) is 22.2 Å². The molecule has 0 aromatic rings. The van der Waals surface area contributed by atoms with Crippen molar-refractivity contribution in [3.63, 3.8) is 0 Å². The normalized spacial score (nSPS) is 51.8. The van der Waals surface area contributed by atoms with Gasteiger partial charge in [0.05, 0.1) is 0 Å². The molecular weight excluding hydrogens is 232 g/mol. The van der Waals surface area contributed by atoms with Gasteiger partial charge in [0.1, 0.15) is 0 Å². The van der Waals surface area contributed by atoms with Gasteiger partial charge >= 0.3 is 0 Å². The number of hydrogen-bond donors (Lipinski definition) is 0. The molecule has 0 aromatic carbocycles. The van der Waals surface area contributed by atoms with Gasteiger partial charge in [-0.2, -0.15) is 0 Å². The maximum atomic E-state index is 12.0. The number of carbonyl (C=O) groups is 1. The lowest BCUT2D eigenvalue weighted by molar-refractivity contribution is -0.170. The number of rotatable bonds is 3. The molecule has 1 nitrogen and oxygen atoms in total. The molecule has 2 heteroatoms. The van der Waals surface area contributed by atoms with Gasteiger partial charge in [0.15, 0.2) is 0 Å².